The first-order valence-electron chi connectivity index (χ1n) is 7.79. The van der Waals surface area contributed by atoms with Gasteiger partial charge in [-0.15, -0.1) is 0 Å². The van der Waals surface area contributed by atoms with Crippen molar-refractivity contribution in [1.82, 2.24) is 5.32 Å². The van der Waals surface area contributed by atoms with Crippen molar-refractivity contribution < 1.29 is 4.39 Å². The van der Waals surface area contributed by atoms with Gasteiger partial charge in [-0.3, -0.25) is 0 Å². The SMILES string of the molecule is CNC1CCC(C=CC2CCC(N=C=S)C(F)C2)CC1. The number of hydrogen-bond acceptors (Lipinski definition) is 3. The second-order valence-electron chi connectivity index (χ2n) is 6.16. The summed E-state index contributed by atoms with van der Waals surface area (Å²) in [5, 5.41) is 5.67. The molecule has 0 bridgehead atoms. The maximum Gasteiger partial charge on any atom is 0.124 e. The molecular formula is C16H25FN2S. The Morgan fingerprint density at radius 1 is 1.10 bits per heavy atom. The Labute approximate surface area is 126 Å². The third-order valence-electron chi connectivity index (χ3n) is 4.83. The summed E-state index contributed by atoms with van der Waals surface area (Å²) < 4.78 is 13.9. The van der Waals surface area contributed by atoms with Gasteiger partial charge in [0.15, 0.2) is 0 Å². The number of hydrogen-bond donors (Lipinski definition) is 1. The third kappa shape index (κ3) is 4.47. The van der Waals surface area contributed by atoms with Crippen molar-refractivity contribution in [2.75, 3.05) is 7.05 Å². The highest BCUT2D eigenvalue weighted by molar-refractivity contribution is 7.78. The molecule has 0 aromatic carbocycles. The second-order valence-corrected chi connectivity index (χ2v) is 6.34. The molecule has 0 saturated heterocycles. The number of allylic oxidation sites excluding steroid dienone is 2. The van der Waals surface area contributed by atoms with Gasteiger partial charge in [-0.05, 0) is 76.0 Å². The highest BCUT2D eigenvalue weighted by atomic mass is 32.1. The molecule has 2 nitrogen and oxygen atoms in total. The Kier molecular flexibility index (Phi) is 6.34. The lowest BCUT2D eigenvalue weighted by atomic mass is 9.82. The first kappa shape index (κ1) is 15.8. The molecular weight excluding hydrogens is 271 g/mol. The molecule has 0 radical (unpaired) electrons. The van der Waals surface area contributed by atoms with Gasteiger partial charge < -0.3 is 5.32 Å². The van der Waals surface area contributed by atoms with Crippen LogP contribution in [0.4, 0.5) is 4.39 Å². The van der Waals surface area contributed by atoms with E-state index in [0.29, 0.717) is 24.3 Å². The minimum Gasteiger partial charge on any atom is -0.317 e. The molecule has 112 valence electrons. The van der Waals surface area contributed by atoms with Gasteiger partial charge in [0, 0.05) is 6.04 Å². The first-order valence-corrected chi connectivity index (χ1v) is 8.20. The highest BCUT2D eigenvalue weighted by Gasteiger charge is 2.29. The van der Waals surface area contributed by atoms with Crippen LogP contribution >= 0.6 is 12.2 Å². The molecule has 2 saturated carbocycles. The number of halogens is 1. The summed E-state index contributed by atoms with van der Waals surface area (Å²) >= 11 is 4.57. The summed E-state index contributed by atoms with van der Waals surface area (Å²) in [4.78, 5) is 3.93. The summed E-state index contributed by atoms with van der Waals surface area (Å²) in [5.74, 6) is 1.07. The Balaban J connectivity index is 1.77. The highest BCUT2D eigenvalue weighted by Crippen LogP contribution is 2.31. The lowest BCUT2D eigenvalue weighted by Gasteiger charge is -2.29. The van der Waals surface area contributed by atoms with E-state index in [1.165, 1.54) is 25.7 Å². The average Bonchev–Trinajstić information content (AvgIpc) is 2.48. The predicted molar refractivity (Wildman–Crippen MR) is 85.0 cm³/mol. The smallest absolute Gasteiger partial charge is 0.124 e. The Morgan fingerprint density at radius 3 is 2.35 bits per heavy atom. The van der Waals surface area contributed by atoms with Gasteiger partial charge in [0.25, 0.3) is 0 Å². The van der Waals surface area contributed by atoms with Crippen LogP contribution in [-0.4, -0.2) is 30.5 Å². The molecule has 0 aliphatic heterocycles. The maximum atomic E-state index is 13.9. The van der Waals surface area contributed by atoms with E-state index in [2.05, 4.69) is 39.8 Å². The van der Waals surface area contributed by atoms with E-state index in [1.54, 1.807) is 0 Å². The van der Waals surface area contributed by atoms with Crippen LogP contribution in [0.5, 0.6) is 0 Å². The normalized spacial score (nSPS) is 38.6. The molecule has 1 N–H and O–H groups in total. The van der Waals surface area contributed by atoms with Crippen molar-refractivity contribution in [3.8, 4) is 0 Å². The lowest BCUT2D eigenvalue weighted by Crippen LogP contribution is -2.30. The summed E-state index contributed by atoms with van der Waals surface area (Å²) in [6, 6.07) is 0.445. The van der Waals surface area contributed by atoms with E-state index in [4.69, 9.17) is 0 Å². The topological polar surface area (TPSA) is 24.4 Å². The molecule has 2 rings (SSSR count). The van der Waals surface area contributed by atoms with Crippen molar-refractivity contribution in [3.05, 3.63) is 12.2 Å². The van der Waals surface area contributed by atoms with E-state index in [0.717, 1.165) is 12.8 Å². The zero-order valence-corrected chi connectivity index (χ0v) is 13.0. The lowest BCUT2D eigenvalue weighted by molar-refractivity contribution is 0.192. The van der Waals surface area contributed by atoms with E-state index in [9.17, 15) is 4.39 Å². The van der Waals surface area contributed by atoms with Crippen LogP contribution in [0.25, 0.3) is 0 Å². The number of thiocarbonyl (C=S) groups is 1. The molecule has 2 aliphatic rings. The summed E-state index contributed by atoms with van der Waals surface area (Å²) in [7, 11) is 2.05. The van der Waals surface area contributed by atoms with E-state index < -0.39 is 6.17 Å². The molecule has 0 aromatic rings. The van der Waals surface area contributed by atoms with Crippen molar-refractivity contribution in [3.63, 3.8) is 0 Å². The first-order chi connectivity index (χ1) is 9.72. The van der Waals surface area contributed by atoms with E-state index >= 15 is 0 Å². The van der Waals surface area contributed by atoms with Gasteiger partial charge in [0.1, 0.15) is 6.17 Å². The fraction of sp³-hybridized carbons (Fsp3) is 0.812. The van der Waals surface area contributed by atoms with Gasteiger partial charge in [-0.1, -0.05) is 12.2 Å². The monoisotopic (exact) mass is 296 g/mol. The van der Waals surface area contributed by atoms with Gasteiger partial charge in [-0.2, -0.15) is 0 Å². The fourth-order valence-electron chi connectivity index (χ4n) is 3.43. The predicted octanol–water partition coefficient (Wildman–Crippen LogP) is 3.93. The van der Waals surface area contributed by atoms with E-state index in [-0.39, 0.29) is 6.04 Å². The Morgan fingerprint density at radius 2 is 1.75 bits per heavy atom. The third-order valence-corrected chi connectivity index (χ3v) is 4.94. The van der Waals surface area contributed by atoms with Crippen molar-refractivity contribution >= 4 is 17.4 Å². The van der Waals surface area contributed by atoms with Gasteiger partial charge in [0.2, 0.25) is 0 Å². The van der Waals surface area contributed by atoms with Crippen LogP contribution in [0.15, 0.2) is 17.1 Å². The molecule has 2 aliphatic carbocycles. The number of isothiocyanates is 1. The van der Waals surface area contributed by atoms with Crippen molar-refractivity contribution in [2.24, 2.45) is 16.8 Å². The van der Waals surface area contributed by atoms with Crippen LogP contribution < -0.4 is 5.32 Å². The number of alkyl halides is 1. The van der Waals surface area contributed by atoms with Gasteiger partial charge in [0.05, 0.1) is 11.2 Å². The minimum atomic E-state index is -0.853. The fourth-order valence-corrected chi connectivity index (χ4v) is 3.57. The van der Waals surface area contributed by atoms with E-state index in [1.807, 2.05) is 7.05 Å². The van der Waals surface area contributed by atoms with Crippen LogP contribution in [-0.2, 0) is 0 Å². The summed E-state index contributed by atoms with van der Waals surface area (Å²) in [6.07, 6.45) is 11.2. The zero-order valence-electron chi connectivity index (χ0n) is 12.2. The zero-order chi connectivity index (χ0) is 14.4. The standard InChI is InChI=1S/C16H25FN2S/c1-18-14-7-4-12(5-8-14)2-3-13-6-9-16(19-11-20)15(17)10-13/h2-3,12-16,18H,4-10H2,1H3. The largest absolute Gasteiger partial charge is 0.317 e. The van der Waals surface area contributed by atoms with Crippen LogP contribution in [0, 0.1) is 11.8 Å². The summed E-state index contributed by atoms with van der Waals surface area (Å²) in [6.45, 7) is 0. The summed E-state index contributed by atoms with van der Waals surface area (Å²) in [5.41, 5.74) is 0. The molecule has 3 unspecified atom stereocenters. The molecule has 3 atom stereocenters. The van der Waals surface area contributed by atoms with Crippen molar-refractivity contribution in [1.29, 1.82) is 0 Å². The Bertz CT molecular complexity index is 371. The molecule has 20 heavy (non-hydrogen) atoms. The van der Waals surface area contributed by atoms with Crippen LogP contribution in [0.1, 0.15) is 44.9 Å². The number of aliphatic imine (C=N–C) groups is 1. The molecule has 2 fully saturated rings. The Hall–Kier alpha value is -0.570. The van der Waals surface area contributed by atoms with Crippen LogP contribution in [0.2, 0.25) is 0 Å². The van der Waals surface area contributed by atoms with Crippen molar-refractivity contribution in [2.45, 2.75) is 63.2 Å². The molecule has 4 heteroatoms. The molecule has 0 amide bonds. The second kappa shape index (κ2) is 8.02. The average molecular weight is 296 g/mol. The molecule has 0 spiro atoms. The van der Waals surface area contributed by atoms with Gasteiger partial charge in [-0.25, -0.2) is 9.38 Å². The van der Waals surface area contributed by atoms with Gasteiger partial charge >= 0.3 is 0 Å². The quantitative estimate of drug-likeness (QED) is 0.483. The van der Waals surface area contributed by atoms with Crippen LogP contribution in [0.3, 0.4) is 0 Å². The maximum absolute atomic E-state index is 13.9. The molecule has 0 aromatic heterocycles. The number of rotatable bonds is 4. The minimum absolute atomic E-state index is 0.247. The number of nitrogens with one attached hydrogen (secondary N) is 1. The molecule has 0 heterocycles. The number of nitrogens with zero attached hydrogens (tertiary/aromatic N) is 1.